The number of anilines is 1. The second kappa shape index (κ2) is 6.37. The van der Waals surface area contributed by atoms with Crippen LogP contribution in [0.15, 0.2) is 34.8 Å². The molecule has 0 unspecified atom stereocenters. The zero-order valence-corrected chi connectivity index (χ0v) is 13.6. The Hall–Kier alpha value is -1.39. The lowest BCUT2D eigenvalue weighted by molar-refractivity contribution is 0.281. The van der Waals surface area contributed by atoms with Gasteiger partial charge in [-0.15, -0.1) is 0 Å². The van der Waals surface area contributed by atoms with Gasteiger partial charge in [-0.25, -0.2) is 4.98 Å². The second-order valence-electron chi connectivity index (χ2n) is 4.99. The molecule has 1 N–H and O–H groups in total. The van der Waals surface area contributed by atoms with Crippen molar-refractivity contribution in [3.05, 3.63) is 57.2 Å². The van der Waals surface area contributed by atoms with E-state index in [1.807, 2.05) is 45.2 Å². The Morgan fingerprint density at radius 1 is 1.25 bits per heavy atom. The van der Waals surface area contributed by atoms with E-state index in [0.717, 1.165) is 33.7 Å². The first-order valence-electron chi connectivity index (χ1n) is 6.55. The van der Waals surface area contributed by atoms with Gasteiger partial charge in [0.2, 0.25) is 0 Å². The Kier molecular flexibility index (Phi) is 4.78. The zero-order chi connectivity index (χ0) is 14.7. The first kappa shape index (κ1) is 15.0. The normalized spacial score (nSPS) is 10.7. The predicted octanol–water partition coefficient (Wildman–Crippen LogP) is 3.59. The van der Waals surface area contributed by atoms with Gasteiger partial charge in [0.05, 0.1) is 6.61 Å². The highest BCUT2D eigenvalue weighted by Crippen LogP contribution is 2.25. The maximum atomic E-state index is 9.58. The molecule has 1 aromatic heterocycles. The van der Waals surface area contributed by atoms with Gasteiger partial charge in [0.25, 0.3) is 0 Å². The first-order chi connectivity index (χ1) is 9.52. The molecule has 0 bridgehead atoms. The van der Waals surface area contributed by atoms with Crippen molar-refractivity contribution in [3.8, 4) is 0 Å². The lowest BCUT2D eigenvalue weighted by Crippen LogP contribution is -2.20. The highest BCUT2D eigenvalue weighted by molar-refractivity contribution is 9.10. The molecular weight excluding hydrogens is 316 g/mol. The molecule has 0 atom stereocenters. The van der Waals surface area contributed by atoms with Crippen LogP contribution in [0.25, 0.3) is 0 Å². The van der Waals surface area contributed by atoms with Gasteiger partial charge in [0, 0.05) is 29.3 Å². The van der Waals surface area contributed by atoms with Crippen LogP contribution >= 0.6 is 15.9 Å². The lowest BCUT2D eigenvalue weighted by Gasteiger charge is -2.23. The Bertz CT molecular complexity index is 613. The first-order valence-corrected chi connectivity index (χ1v) is 7.34. The summed E-state index contributed by atoms with van der Waals surface area (Å²) in [4.78, 5) is 6.66. The van der Waals surface area contributed by atoms with E-state index in [1.54, 1.807) is 0 Å². The topological polar surface area (TPSA) is 36.4 Å². The van der Waals surface area contributed by atoms with Crippen molar-refractivity contribution in [2.75, 3.05) is 11.9 Å². The molecule has 0 amide bonds. The van der Waals surface area contributed by atoms with E-state index in [-0.39, 0.29) is 6.61 Å². The number of halogens is 1. The molecule has 0 aliphatic heterocycles. The molecule has 0 spiro atoms. The lowest BCUT2D eigenvalue weighted by atomic mass is 10.1. The molecule has 106 valence electrons. The number of hydrogen-bond acceptors (Lipinski definition) is 3. The molecule has 4 heteroatoms. The number of aryl methyl sites for hydroxylation is 2. The van der Waals surface area contributed by atoms with E-state index in [2.05, 4.69) is 31.9 Å². The molecule has 0 aliphatic carbocycles. The molecule has 0 radical (unpaired) electrons. The van der Waals surface area contributed by atoms with Crippen LogP contribution in [0.5, 0.6) is 0 Å². The number of hydrogen-bond donors (Lipinski definition) is 1. The van der Waals surface area contributed by atoms with Gasteiger partial charge in [-0.2, -0.15) is 0 Å². The molecule has 1 aromatic carbocycles. The number of aliphatic hydroxyl groups is 1. The smallest absolute Gasteiger partial charge is 0.134 e. The van der Waals surface area contributed by atoms with Crippen molar-refractivity contribution >= 4 is 21.7 Å². The molecule has 0 saturated heterocycles. The average molecular weight is 335 g/mol. The van der Waals surface area contributed by atoms with Gasteiger partial charge in [0.15, 0.2) is 0 Å². The predicted molar refractivity (Wildman–Crippen MR) is 85.9 cm³/mol. The summed E-state index contributed by atoms with van der Waals surface area (Å²) in [7, 11) is 2.00. The minimum absolute atomic E-state index is 0.00868. The summed E-state index contributed by atoms with van der Waals surface area (Å²) in [6.45, 7) is 4.74. The summed E-state index contributed by atoms with van der Waals surface area (Å²) in [5.74, 6) is 0.848. The Morgan fingerprint density at radius 2 is 1.95 bits per heavy atom. The van der Waals surface area contributed by atoms with Gasteiger partial charge >= 0.3 is 0 Å². The summed E-state index contributed by atoms with van der Waals surface area (Å²) in [5.41, 5.74) is 4.13. The van der Waals surface area contributed by atoms with Crippen LogP contribution in [0.1, 0.15) is 22.4 Å². The van der Waals surface area contributed by atoms with Crippen molar-refractivity contribution in [3.63, 3.8) is 0 Å². The van der Waals surface area contributed by atoms with Crippen LogP contribution in [0.2, 0.25) is 0 Å². The summed E-state index contributed by atoms with van der Waals surface area (Å²) in [5, 5.41) is 9.58. The van der Waals surface area contributed by atoms with E-state index in [4.69, 9.17) is 0 Å². The highest BCUT2D eigenvalue weighted by Gasteiger charge is 2.13. The van der Waals surface area contributed by atoms with E-state index < -0.39 is 0 Å². The second-order valence-corrected chi connectivity index (χ2v) is 5.84. The highest BCUT2D eigenvalue weighted by atomic mass is 79.9. The van der Waals surface area contributed by atoms with Crippen molar-refractivity contribution in [1.82, 2.24) is 4.98 Å². The van der Waals surface area contributed by atoms with Crippen LogP contribution in [0.3, 0.4) is 0 Å². The van der Waals surface area contributed by atoms with Gasteiger partial charge < -0.3 is 10.0 Å². The van der Waals surface area contributed by atoms with Crippen molar-refractivity contribution in [2.45, 2.75) is 27.0 Å². The van der Waals surface area contributed by atoms with Crippen LogP contribution in [-0.2, 0) is 13.2 Å². The summed E-state index contributed by atoms with van der Waals surface area (Å²) < 4.78 is 1.08. The third-order valence-corrected chi connectivity index (χ3v) is 4.11. The summed E-state index contributed by atoms with van der Waals surface area (Å²) in [6, 6.07) is 10.1. The maximum Gasteiger partial charge on any atom is 0.134 e. The van der Waals surface area contributed by atoms with E-state index >= 15 is 0 Å². The SMILES string of the molecule is Cc1cc(C)c(CO)c(N(C)Cc2ccccc2Br)n1. The molecule has 3 nitrogen and oxygen atoms in total. The minimum atomic E-state index is 0.00868. The van der Waals surface area contributed by atoms with E-state index in [1.165, 1.54) is 5.56 Å². The van der Waals surface area contributed by atoms with E-state index in [0.29, 0.717) is 0 Å². The number of aliphatic hydroxyl groups excluding tert-OH is 1. The maximum absolute atomic E-state index is 9.58. The summed E-state index contributed by atoms with van der Waals surface area (Å²) >= 11 is 3.57. The third kappa shape index (κ3) is 3.19. The molecule has 0 saturated carbocycles. The fraction of sp³-hybridized carbons (Fsp3) is 0.312. The van der Waals surface area contributed by atoms with Crippen molar-refractivity contribution in [2.24, 2.45) is 0 Å². The largest absolute Gasteiger partial charge is 0.392 e. The van der Waals surface area contributed by atoms with Crippen molar-refractivity contribution < 1.29 is 5.11 Å². The Balaban J connectivity index is 2.34. The fourth-order valence-electron chi connectivity index (χ4n) is 2.31. The molecule has 2 rings (SSSR count). The van der Waals surface area contributed by atoms with Gasteiger partial charge in [0.1, 0.15) is 5.82 Å². The minimum Gasteiger partial charge on any atom is -0.392 e. The van der Waals surface area contributed by atoms with Gasteiger partial charge in [-0.05, 0) is 37.1 Å². The molecule has 20 heavy (non-hydrogen) atoms. The third-order valence-electron chi connectivity index (χ3n) is 3.34. The van der Waals surface area contributed by atoms with Gasteiger partial charge in [-0.1, -0.05) is 34.1 Å². The molecular formula is C16H19BrN2O. The number of nitrogens with zero attached hydrogens (tertiary/aromatic N) is 2. The average Bonchev–Trinajstić information content (AvgIpc) is 2.40. The standard InChI is InChI=1S/C16H19BrN2O/c1-11-8-12(2)18-16(14(11)10-20)19(3)9-13-6-4-5-7-15(13)17/h4-8,20H,9-10H2,1-3H3. The van der Waals surface area contributed by atoms with Crippen molar-refractivity contribution in [1.29, 1.82) is 0 Å². The number of rotatable bonds is 4. The zero-order valence-electron chi connectivity index (χ0n) is 12.0. The Labute approximate surface area is 128 Å². The molecule has 0 aliphatic rings. The van der Waals surface area contributed by atoms with Gasteiger partial charge in [-0.3, -0.25) is 0 Å². The molecule has 1 heterocycles. The Morgan fingerprint density at radius 3 is 2.60 bits per heavy atom. The van der Waals surface area contributed by atoms with E-state index in [9.17, 15) is 5.11 Å². The monoisotopic (exact) mass is 334 g/mol. The number of benzene rings is 1. The molecule has 2 aromatic rings. The quantitative estimate of drug-likeness (QED) is 0.928. The fourth-order valence-corrected chi connectivity index (χ4v) is 2.72. The molecule has 0 fully saturated rings. The number of aromatic nitrogens is 1. The van der Waals surface area contributed by atoms with Crippen LogP contribution in [0.4, 0.5) is 5.82 Å². The number of pyridine rings is 1. The van der Waals surface area contributed by atoms with Crippen LogP contribution in [-0.4, -0.2) is 17.1 Å². The summed E-state index contributed by atoms with van der Waals surface area (Å²) in [6.07, 6.45) is 0. The van der Waals surface area contributed by atoms with Crippen LogP contribution in [0, 0.1) is 13.8 Å². The van der Waals surface area contributed by atoms with Crippen LogP contribution < -0.4 is 4.90 Å².